The fourth-order valence-corrected chi connectivity index (χ4v) is 23.5. The number of thiophene rings is 1. The van der Waals surface area contributed by atoms with E-state index in [0.29, 0.717) is 5.56 Å². The molecule has 2 atom stereocenters. The van der Waals surface area contributed by atoms with Crippen LogP contribution in [-0.4, -0.2) is 29.7 Å². The average Bonchev–Trinajstić information content (AvgIpc) is 1.45. The molecular weight excluding hydrogens is 1530 g/mol. The summed E-state index contributed by atoms with van der Waals surface area (Å²) in [6.07, 6.45) is 4.52. The monoisotopic (exact) mass is 1620 g/mol. The van der Waals surface area contributed by atoms with Crippen LogP contribution in [0.2, 0.25) is 0 Å². The van der Waals surface area contributed by atoms with Gasteiger partial charge >= 0.3 is 0 Å². The van der Waals surface area contributed by atoms with E-state index in [1.165, 1.54) is 94.0 Å². The van der Waals surface area contributed by atoms with Gasteiger partial charge in [-0.15, -0.1) is 11.3 Å². The van der Waals surface area contributed by atoms with Crippen LogP contribution < -0.4 is 74.3 Å². The van der Waals surface area contributed by atoms with Crippen molar-refractivity contribution in [2.24, 2.45) is 0 Å². The van der Waals surface area contributed by atoms with Gasteiger partial charge in [0.1, 0.15) is 11.6 Å². The number of aliphatic hydroxyl groups excluding tert-OH is 1. The Morgan fingerprint density at radius 2 is 0.624 bits per heavy atom. The Kier molecular flexibility index (Phi) is 33.2. The first-order valence-electron chi connectivity index (χ1n) is 36.7. The summed E-state index contributed by atoms with van der Waals surface area (Å²) in [6.45, 7) is 7.65. The van der Waals surface area contributed by atoms with Gasteiger partial charge in [0.05, 0.1) is 17.7 Å². The summed E-state index contributed by atoms with van der Waals surface area (Å²) < 4.78 is 27.2. The van der Waals surface area contributed by atoms with Crippen LogP contribution >= 0.6 is 43.0 Å². The Bertz CT molecular complexity index is 4030. The maximum atomic E-state index is 13.6. The molecule has 1 aliphatic rings. The largest absolute Gasteiger partial charge is 0.390 e. The molecule has 1 aliphatic carbocycles. The summed E-state index contributed by atoms with van der Waals surface area (Å²) in [4.78, 5) is 14.1. The first-order chi connectivity index (χ1) is 53.0. The molecule has 4 nitrogen and oxygen atoms in total. The minimum absolute atomic E-state index is 0. The summed E-state index contributed by atoms with van der Waals surface area (Å²) in [7, 11) is -1.78. The van der Waals surface area contributed by atoms with Gasteiger partial charge in [0, 0.05) is 49.7 Å². The number of aliphatic hydroxyl groups is 1. The molecule has 1 amide bonds. The average molecular weight is 1620 g/mol. The van der Waals surface area contributed by atoms with E-state index >= 15 is 0 Å². The van der Waals surface area contributed by atoms with Gasteiger partial charge < -0.3 is 15.7 Å². The van der Waals surface area contributed by atoms with E-state index in [-0.39, 0.29) is 44.8 Å². The molecule has 552 valence electrons. The number of carbonyl (C=O) groups is 1. The van der Waals surface area contributed by atoms with Crippen LogP contribution in [0.25, 0.3) is 5.57 Å². The van der Waals surface area contributed by atoms with Crippen molar-refractivity contribution in [2.75, 3.05) is 6.54 Å². The summed E-state index contributed by atoms with van der Waals surface area (Å²) in [5, 5.41) is 34.1. The third-order valence-corrected chi connectivity index (χ3v) is 29.5. The zero-order valence-corrected chi connectivity index (χ0v) is 67.4. The maximum absolute atomic E-state index is 13.6. The Morgan fingerprint density at radius 3 is 0.835 bits per heavy atom. The van der Waals surface area contributed by atoms with Crippen LogP contribution in [0.5, 0.6) is 0 Å². The van der Waals surface area contributed by atoms with Gasteiger partial charge in [-0.3, -0.25) is 4.79 Å². The molecule has 13 aromatic carbocycles. The van der Waals surface area contributed by atoms with E-state index < -0.39 is 55.5 Å². The summed E-state index contributed by atoms with van der Waals surface area (Å²) >= 11 is 1.73. The van der Waals surface area contributed by atoms with Crippen molar-refractivity contribution in [3.63, 3.8) is 0 Å². The second kappa shape index (κ2) is 43.9. The molecule has 1 aromatic heterocycles. The van der Waals surface area contributed by atoms with Crippen molar-refractivity contribution in [3.8, 4) is 0 Å². The molecule has 0 spiro atoms. The molecule has 1 heterocycles. The van der Waals surface area contributed by atoms with Gasteiger partial charge in [-0.2, -0.15) is 0 Å². The molecule has 1 saturated carbocycles. The molecule has 0 radical (unpaired) electrons. The van der Waals surface area contributed by atoms with Crippen molar-refractivity contribution < 1.29 is 39.1 Å². The number of benzene rings is 13. The van der Waals surface area contributed by atoms with Crippen LogP contribution in [0.15, 0.2) is 401 Å². The minimum atomic E-state index is -0.926. The first-order valence-corrected chi connectivity index (χ1v) is 42.9. The minimum Gasteiger partial charge on any atom is -0.390 e. The van der Waals surface area contributed by atoms with Crippen molar-refractivity contribution >= 4 is 118 Å². The van der Waals surface area contributed by atoms with Crippen LogP contribution in [0.1, 0.15) is 61.3 Å². The van der Waals surface area contributed by atoms with Gasteiger partial charge in [0.2, 0.25) is 5.91 Å². The van der Waals surface area contributed by atoms with Crippen LogP contribution in [0, 0.1) is 11.6 Å². The van der Waals surface area contributed by atoms with E-state index in [9.17, 15) is 18.7 Å². The number of hydrogen-bond donors (Lipinski definition) is 3. The molecule has 14 aromatic rings. The van der Waals surface area contributed by atoms with Crippen molar-refractivity contribution in [1.82, 2.24) is 10.6 Å². The van der Waals surface area contributed by atoms with Crippen molar-refractivity contribution in [3.05, 3.63) is 428 Å². The summed E-state index contributed by atoms with van der Waals surface area (Å²) in [6, 6.07) is 136. The number of hydrogen-bond acceptors (Lipinski definition) is 4. The zero-order chi connectivity index (χ0) is 75.0. The fraction of sp³-hybridized carbons (Fsp3) is 0.124. The van der Waals surface area contributed by atoms with E-state index in [0.717, 1.165) is 42.2 Å². The number of rotatable bonds is 21. The van der Waals surface area contributed by atoms with Gasteiger partial charge in [0.15, 0.2) is 0 Å². The quantitative estimate of drug-likeness (QED) is 0.0496. The van der Waals surface area contributed by atoms with Crippen LogP contribution in [-0.2, 0) is 37.2 Å². The van der Waals surface area contributed by atoms with Crippen molar-refractivity contribution in [1.29, 1.82) is 0 Å². The molecule has 109 heavy (non-hydrogen) atoms. The van der Waals surface area contributed by atoms with Crippen LogP contribution in [0.4, 0.5) is 8.78 Å². The van der Waals surface area contributed by atoms with Gasteiger partial charge in [-0.1, -0.05) is 390 Å². The Labute approximate surface area is 667 Å². The summed E-state index contributed by atoms with van der Waals surface area (Å²) in [5.41, 5.74) is 1.18. The summed E-state index contributed by atoms with van der Waals surface area (Å²) in [5.74, 6) is -1.66. The molecule has 0 bridgehead atoms. The van der Waals surface area contributed by atoms with Gasteiger partial charge in [-0.05, 0) is 157 Å². The van der Waals surface area contributed by atoms with E-state index in [1.807, 2.05) is 6.92 Å². The molecule has 1 fully saturated rings. The number of carbonyl (C=O) groups excluding carboxylic acids is 1. The smallest absolute Gasteiger partial charge is 0.217 e. The normalized spacial score (nSPS) is 12.5. The fourth-order valence-electron chi connectivity index (χ4n) is 13.2. The molecule has 0 aliphatic heterocycles. The zero-order valence-electron chi connectivity index (χ0n) is 61.5. The molecular formula is C97H92F2N2O2P4PdS. The molecule has 2 unspecified atom stereocenters. The molecule has 15 rings (SSSR count). The number of nitrogens with one attached hydrogen (secondary N) is 2. The number of allylic oxidation sites excluding steroid dienone is 1. The standard InChI is InChI=1S/C25H32F2N2O2S.4C18H15P.Pd/c1-16(2)23-7-8-24(32-23)25(9-5-4-6-10-25)28-15-22(31)21(29-17(3)30)13-18-11-19(26)14-20(27)12-18;4*1-4-10-16(11-5-1)19(17-12-6-2-7-13-17)18-14-8-3-9-15-18;/h7-8,11-12,14,21-22,28,31H,1,4-6,9-10,13,15H2,2-3H3,(H,29,30);4*1-15H;. The SMILES string of the molecule is C=C(C)c1ccc(C2(NCC(O)C(Cc3cc(F)cc(F)c3)NC(C)=O)CCCCC2)s1.[Pd].c1ccc(P(c2ccccc2)c2ccccc2)cc1.c1ccc(P(c2ccccc2)c2ccccc2)cc1.c1ccc(P(c2ccccc2)c2ccccc2)cc1.c1ccc(P(c2ccccc2)c2ccccc2)cc1. The number of halogens is 2. The maximum Gasteiger partial charge on any atom is 0.217 e. The predicted octanol–water partition coefficient (Wildman–Crippen LogP) is 18.7. The third kappa shape index (κ3) is 24.7. The van der Waals surface area contributed by atoms with E-state index in [4.69, 9.17) is 0 Å². The van der Waals surface area contributed by atoms with Gasteiger partial charge in [-0.25, -0.2) is 8.78 Å². The third-order valence-electron chi connectivity index (χ3n) is 18.3. The molecule has 3 N–H and O–H groups in total. The second-order valence-corrected chi connectivity index (χ2v) is 36.2. The van der Waals surface area contributed by atoms with Crippen LogP contribution in [0.3, 0.4) is 0 Å². The Morgan fingerprint density at radius 1 is 0.385 bits per heavy atom. The van der Waals surface area contributed by atoms with E-state index in [2.05, 4.69) is 393 Å². The second-order valence-electron chi connectivity index (χ2n) is 26.2. The van der Waals surface area contributed by atoms with E-state index in [1.54, 1.807) is 11.3 Å². The Hall–Kier alpha value is -9.07. The molecule has 12 heteroatoms. The molecule has 0 saturated heterocycles. The predicted molar refractivity (Wildman–Crippen MR) is 466 cm³/mol. The topological polar surface area (TPSA) is 61.4 Å². The Balaban J connectivity index is 0.000000147. The van der Waals surface area contributed by atoms with Gasteiger partial charge in [0.25, 0.3) is 0 Å². The van der Waals surface area contributed by atoms with Crippen molar-refractivity contribution in [2.45, 2.75) is 70.1 Å². The number of amides is 1. The first kappa shape index (κ1) is 82.4.